The van der Waals surface area contributed by atoms with E-state index in [2.05, 4.69) is 4.18 Å². The maximum Gasteiger partial charge on any atom is 0.357 e. The van der Waals surface area contributed by atoms with E-state index < -0.39 is 21.5 Å². The van der Waals surface area contributed by atoms with E-state index in [1.54, 1.807) is 0 Å². The molecule has 0 saturated heterocycles. The Morgan fingerprint density at radius 3 is 2.07 bits per heavy atom. The maximum atomic E-state index is 10.6. The van der Waals surface area contributed by atoms with Gasteiger partial charge in [0.05, 0.1) is 4.90 Å². The molecule has 0 fully saturated rings. The van der Waals surface area contributed by atoms with Crippen molar-refractivity contribution >= 4 is 21.5 Å². The lowest BCUT2D eigenvalue weighted by molar-refractivity contribution is 0.458. The van der Waals surface area contributed by atoms with Gasteiger partial charge in [-0.2, -0.15) is 12.6 Å². The van der Waals surface area contributed by atoms with Gasteiger partial charge in [-0.25, -0.2) is 0 Å². The Labute approximate surface area is 82.8 Å². The fourth-order valence-corrected chi connectivity index (χ4v) is 1.51. The first-order chi connectivity index (χ1) is 6.39. The van der Waals surface area contributed by atoms with Crippen molar-refractivity contribution in [2.45, 2.75) is 4.90 Å². The fraction of sp³-hybridized carbons (Fsp3) is 0. The van der Waals surface area contributed by atoms with Crippen LogP contribution in [0.1, 0.15) is 0 Å². The summed E-state index contributed by atoms with van der Waals surface area (Å²) in [4.78, 5) is -0.312. The van der Waals surface area contributed by atoms with Gasteiger partial charge in [-0.05, 0) is 24.3 Å². The molecule has 8 heteroatoms. The molecule has 0 saturated carbocycles. The molecule has 6 nitrogen and oxygen atoms in total. The molecule has 2 N–H and O–H groups in total. The highest BCUT2D eigenvalue weighted by Gasteiger charge is 2.09. The van der Waals surface area contributed by atoms with Gasteiger partial charge in [-0.1, -0.05) is 0 Å². The molecule has 0 aliphatic carbocycles. The minimum Gasteiger partial charge on any atom is -0.380 e. The standard InChI is InChI=1S/C6H6O6S2/c7-13(8)12-5-1-3-6(4-2-5)14(9,10)11/h1-4H,(H,7,8)(H,9,10,11). The van der Waals surface area contributed by atoms with Crippen molar-refractivity contribution in [1.82, 2.24) is 0 Å². The van der Waals surface area contributed by atoms with Crippen LogP contribution in [0.3, 0.4) is 0 Å². The summed E-state index contributed by atoms with van der Waals surface area (Å²) in [5.41, 5.74) is 0. The Hall–Kier alpha value is -0.960. The number of rotatable bonds is 3. The number of hydrogen-bond donors (Lipinski definition) is 2. The Morgan fingerprint density at radius 2 is 1.71 bits per heavy atom. The lowest BCUT2D eigenvalue weighted by Crippen LogP contribution is -1.99. The van der Waals surface area contributed by atoms with Crippen molar-refractivity contribution in [3.05, 3.63) is 24.3 Å². The molecule has 1 atom stereocenters. The minimum absolute atomic E-state index is 0.0261. The Morgan fingerprint density at radius 1 is 1.21 bits per heavy atom. The van der Waals surface area contributed by atoms with E-state index in [1.807, 2.05) is 0 Å². The van der Waals surface area contributed by atoms with E-state index in [1.165, 1.54) is 0 Å². The molecular formula is C6H6O6S2. The molecule has 78 valence electrons. The van der Waals surface area contributed by atoms with Crippen molar-refractivity contribution in [3.8, 4) is 5.75 Å². The van der Waals surface area contributed by atoms with Crippen LogP contribution in [-0.2, 0) is 21.5 Å². The zero-order valence-corrected chi connectivity index (χ0v) is 8.29. The molecule has 1 unspecified atom stereocenters. The topological polar surface area (TPSA) is 101 Å². The summed E-state index contributed by atoms with van der Waals surface area (Å²) >= 11 is -2.46. The largest absolute Gasteiger partial charge is 0.380 e. The summed E-state index contributed by atoms with van der Waals surface area (Å²) in [5, 5.41) is 0. The van der Waals surface area contributed by atoms with Gasteiger partial charge in [0.15, 0.2) is 0 Å². The third kappa shape index (κ3) is 3.07. The van der Waals surface area contributed by atoms with E-state index in [9.17, 15) is 12.6 Å². The van der Waals surface area contributed by atoms with Crippen LogP contribution in [0, 0.1) is 0 Å². The summed E-state index contributed by atoms with van der Waals surface area (Å²) in [7, 11) is -4.24. The van der Waals surface area contributed by atoms with Gasteiger partial charge in [-0.3, -0.25) is 9.11 Å². The van der Waals surface area contributed by atoms with E-state index in [-0.39, 0.29) is 10.6 Å². The summed E-state index contributed by atoms with van der Waals surface area (Å²) in [5.74, 6) is 0.0261. The van der Waals surface area contributed by atoms with Crippen LogP contribution in [0.15, 0.2) is 29.2 Å². The van der Waals surface area contributed by atoms with Gasteiger partial charge in [0.2, 0.25) is 0 Å². The van der Waals surface area contributed by atoms with Gasteiger partial charge >= 0.3 is 11.4 Å². The second-order valence-electron chi connectivity index (χ2n) is 2.25. The first-order valence-electron chi connectivity index (χ1n) is 3.26. The van der Waals surface area contributed by atoms with E-state index in [4.69, 9.17) is 9.11 Å². The van der Waals surface area contributed by atoms with Crippen molar-refractivity contribution in [2.24, 2.45) is 0 Å². The van der Waals surface area contributed by atoms with Gasteiger partial charge < -0.3 is 4.18 Å². The molecule has 0 amide bonds. The molecule has 0 bridgehead atoms. The van der Waals surface area contributed by atoms with Crippen LogP contribution < -0.4 is 4.18 Å². The van der Waals surface area contributed by atoms with E-state index in [0.717, 1.165) is 24.3 Å². The number of benzene rings is 1. The molecule has 1 rings (SSSR count). The van der Waals surface area contributed by atoms with Gasteiger partial charge in [0.25, 0.3) is 10.1 Å². The van der Waals surface area contributed by atoms with Crippen LogP contribution in [-0.4, -0.2) is 21.7 Å². The summed E-state index contributed by atoms with van der Waals surface area (Å²) in [6, 6.07) is 4.41. The number of hydrogen-bond acceptors (Lipinski definition) is 4. The third-order valence-electron chi connectivity index (χ3n) is 1.29. The summed E-state index contributed by atoms with van der Waals surface area (Å²) in [6.07, 6.45) is 0. The van der Waals surface area contributed by atoms with Crippen LogP contribution in [0.5, 0.6) is 5.75 Å². The highest BCUT2D eigenvalue weighted by Crippen LogP contribution is 2.15. The summed E-state index contributed by atoms with van der Waals surface area (Å²) < 4.78 is 52.5. The molecular weight excluding hydrogens is 232 g/mol. The zero-order chi connectivity index (χ0) is 10.8. The smallest absolute Gasteiger partial charge is 0.357 e. The average Bonchev–Trinajstić information content (AvgIpc) is 2.02. The minimum atomic E-state index is -4.24. The van der Waals surface area contributed by atoms with Crippen LogP contribution in [0.4, 0.5) is 0 Å². The molecule has 14 heavy (non-hydrogen) atoms. The SMILES string of the molecule is O=S(O)Oc1ccc(S(=O)(=O)O)cc1. The van der Waals surface area contributed by atoms with E-state index >= 15 is 0 Å². The van der Waals surface area contributed by atoms with Crippen molar-refractivity contribution in [2.75, 3.05) is 0 Å². The molecule has 0 aromatic heterocycles. The molecule has 0 aliphatic rings. The first-order valence-corrected chi connectivity index (χ1v) is 5.73. The molecule has 0 spiro atoms. The third-order valence-corrected chi connectivity index (χ3v) is 2.49. The van der Waals surface area contributed by atoms with Crippen LogP contribution in [0.25, 0.3) is 0 Å². The predicted molar refractivity (Wildman–Crippen MR) is 47.7 cm³/mol. The first kappa shape index (κ1) is 11.1. The van der Waals surface area contributed by atoms with Gasteiger partial charge in [0.1, 0.15) is 5.75 Å². The molecule has 0 radical (unpaired) electrons. The molecule has 1 aromatic carbocycles. The Kier molecular flexibility index (Phi) is 3.21. The Bertz CT molecular complexity index is 434. The summed E-state index contributed by atoms with van der Waals surface area (Å²) in [6.45, 7) is 0. The molecule has 1 aromatic rings. The van der Waals surface area contributed by atoms with E-state index in [0.29, 0.717) is 0 Å². The highest BCUT2D eigenvalue weighted by atomic mass is 32.2. The second kappa shape index (κ2) is 4.05. The molecule has 0 aliphatic heterocycles. The van der Waals surface area contributed by atoms with Crippen LogP contribution >= 0.6 is 0 Å². The maximum absolute atomic E-state index is 10.6. The van der Waals surface area contributed by atoms with Crippen molar-refractivity contribution < 1.29 is 25.9 Å². The molecule has 0 heterocycles. The van der Waals surface area contributed by atoms with Gasteiger partial charge in [0, 0.05) is 0 Å². The van der Waals surface area contributed by atoms with Gasteiger partial charge in [-0.15, -0.1) is 0 Å². The lowest BCUT2D eigenvalue weighted by Gasteiger charge is -2.00. The normalized spacial score (nSPS) is 13.6. The fourth-order valence-electron chi connectivity index (χ4n) is 0.749. The predicted octanol–water partition coefficient (Wildman–Crippen LogP) is 0.449. The van der Waals surface area contributed by atoms with Crippen molar-refractivity contribution in [1.29, 1.82) is 0 Å². The highest BCUT2D eigenvalue weighted by molar-refractivity contribution is 7.85. The van der Waals surface area contributed by atoms with Crippen molar-refractivity contribution in [3.63, 3.8) is 0 Å². The van der Waals surface area contributed by atoms with Crippen LogP contribution in [0.2, 0.25) is 0 Å². The Balaban J connectivity index is 2.95. The zero-order valence-electron chi connectivity index (χ0n) is 6.65. The second-order valence-corrected chi connectivity index (χ2v) is 4.27. The monoisotopic (exact) mass is 238 g/mol. The quantitative estimate of drug-likeness (QED) is 0.585. The lowest BCUT2D eigenvalue weighted by atomic mass is 10.3. The average molecular weight is 238 g/mol.